The van der Waals surface area contributed by atoms with Crippen LogP contribution in [0.5, 0.6) is 5.75 Å². The summed E-state index contributed by atoms with van der Waals surface area (Å²) in [7, 11) is 1.70. The van der Waals surface area contributed by atoms with Crippen molar-refractivity contribution in [1.82, 2.24) is 10.1 Å². The second-order valence-corrected chi connectivity index (χ2v) is 5.56. The molecule has 1 aromatic carbocycles. The third kappa shape index (κ3) is 3.08. The lowest BCUT2D eigenvalue weighted by atomic mass is 9.85. The molecule has 5 heteroatoms. The monoisotopic (exact) mass is 288 g/mol. The van der Waals surface area contributed by atoms with Gasteiger partial charge in [-0.15, -0.1) is 0 Å². The first kappa shape index (κ1) is 14.1. The van der Waals surface area contributed by atoms with E-state index in [-0.39, 0.29) is 11.9 Å². The Morgan fingerprint density at radius 2 is 1.90 bits per heavy atom. The number of aromatic hydroxyl groups is 1. The van der Waals surface area contributed by atoms with Crippen molar-refractivity contribution >= 4 is 0 Å². The summed E-state index contributed by atoms with van der Waals surface area (Å²) in [5.74, 6) is 1.76. The summed E-state index contributed by atoms with van der Waals surface area (Å²) in [5, 5.41) is 13.4. The Bertz CT molecular complexity index is 573. The van der Waals surface area contributed by atoms with Gasteiger partial charge in [-0.3, -0.25) is 0 Å². The fourth-order valence-corrected chi connectivity index (χ4v) is 3.02. The molecule has 1 fully saturated rings. The van der Waals surface area contributed by atoms with Crippen LogP contribution in [-0.4, -0.2) is 22.4 Å². The highest BCUT2D eigenvalue weighted by molar-refractivity contribution is 5.54. The minimum absolute atomic E-state index is 0.0973. The quantitative estimate of drug-likeness (QED) is 0.928. The molecule has 1 heterocycles. The number of nitrogens with zero attached hydrogens (tertiary/aromatic N) is 2. The minimum Gasteiger partial charge on any atom is -0.508 e. The van der Waals surface area contributed by atoms with Gasteiger partial charge < -0.3 is 14.4 Å². The molecule has 0 spiro atoms. The third-order valence-electron chi connectivity index (χ3n) is 4.14. The lowest BCUT2D eigenvalue weighted by Gasteiger charge is -2.26. The second kappa shape index (κ2) is 6.26. The number of phenolic OH excluding ortho intramolecular Hbond substituents is 1. The van der Waals surface area contributed by atoms with E-state index in [1.807, 2.05) is 0 Å². The van der Waals surface area contributed by atoms with E-state index in [1.165, 1.54) is 19.3 Å². The average Bonchev–Trinajstić information content (AvgIpc) is 2.99. The smallest absolute Gasteiger partial charge is 0.258 e. The summed E-state index contributed by atoms with van der Waals surface area (Å²) in [6.45, 7) is 0. The Morgan fingerprint density at radius 1 is 1.19 bits per heavy atom. The number of ether oxygens (including phenoxy) is 1. The second-order valence-electron chi connectivity index (χ2n) is 5.56. The summed E-state index contributed by atoms with van der Waals surface area (Å²) >= 11 is 0. The molecule has 1 atom stereocenters. The van der Waals surface area contributed by atoms with Gasteiger partial charge >= 0.3 is 0 Å². The van der Waals surface area contributed by atoms with Crippen molar-refractivity contribution in [3.05, 3.63) is 30.1 Å². The first-order valence-electron chi connectivity index (χ1n) is 7.43. The molecule has 21 heavy (non-hydrogen) atoms. The molecule has 0 aliphatic heterocycles. The van der Waals surface area contributed by atoms with Crippen LogP contribution in [0.4, 0.5) is 0 Å². The van der Waals surface area contributed by atoms with Gasteiger partial charge in [0.2, 0.25) is 5.82 Å². The Labute approximate surface area is 123 Å². The first-order chi connectivity index (χ1) is 10.3. The predicted octanol–water partition coefficient (Wildman–Crippen LogP) is 3.71. The normalized spacial score (nSPS) is 17.8. The molecule has 1 aliphatic carbocycles. The predicted molar refractivity (Wildman–Crippen MR) is 77.7 cm³/mol. The van der Waals surface area contributed by atoms with Crippen molar-refractivity contribution in [2.75, 3.05) is 7.11 Å². The fourth-order valence-electron chi connectivity index (χ4n) is 3.02. The molecule has 1 N–H and O–H groups in total. The minimum atomic E-state index is -0.0973. The molecule has 0 amide bonds. The van der Waals surface area contributed by atoms with Crippen LogP contribution in [0.25, 0.3) is 11.5 Å². The molecule has 5 nitrogen and oxygen atoms in total. The number of hydrogen-bond acceptors (Lipinski definition) is 5. The standard InChI is InChI=1S/C16H20N2O3/c1-20-14(11-5-3-2-4-6-11)15-17-16(21-18-15)12-7-9-13(19)10-8-12/h7-11,14,19H,2-6H2,1H3. The Balaban J connectivity index is 1.80. The van der Waals surface area contributed by atoms with Crippen molar-refractivity contribution in [3.8, 4) is 17.2 Å². The van der Waals surface area contributed by atoms with Gasteiger partial charge in [-0.25, -0.2) is 0 Å². The Hall–Kier alpha value is -1.88. The summed E-state index contributed by atoms with van der Waals surface area (Å²) in [6, 6.07) is 6.73. The molecule has 3 rings (SSSR count). The zero-order valence-corrected chi connectivity index (χ0v) is 12.2. The first-order valence-corrected chi connectivity index (χ1v) is 7.43. The van der Waals surface area contributed by atoms with Gasteiger partial charge in [0.25, 0.3) is 5.89 Å². The van der Waals surface area contributed by atoms with Crippen molar-refractivity contribution in [1.29, 1.82) is 0 Å². The third-order valence-corrected chi connectivity index (χ3v) is 4.14. The summed E-state index contributed by atoms with van der Waals surface area (Å²) in [6.07, 6.45) is 6.00. The average molecular weight is 288 g/mol. The maximum absolute atomic E-state index is 9.32. The highest BCUT2D eigenvalue weighted by Gasteiger charge is 2.29. The number of benzene rings is 1. The van der Waals surface area contributed by atoms with Crippen LogP contribution in [0.1, 0.15) is 44.0 Å². The van der Waals surface area contributed by atoms with Gasteiger partial charge in [0.1, 0.15) is 11.9 Å². The molecule has 0 saturated heterocycles. The molecule has 112 valence electrons. The molecular weight excluding hydrogens is 268 g/mol. The molecule has 1 aliphatic rings. The number of phenols is 1. The number of aromatic nitrogens is 2. The number of methoxy groups -OCH3 is 1. The molecule has 1 unspecified atom stereocenters. The molecule has 1 saturated carbocycles. The Morgan fingerprint density at radius 3 is 2.57 bits per heavy atom. The molecule has 0 radical (unpaired) electrons. The SMILES string of the molecule is COC(c1noc(-c2ccc(O)cc2)n1)C1CCCCC1. The van der Waals surface area contributed by atoms with Crippen LogP contribution in [0.2, 0.25) is 0 Å². The molecular formula is C16H20N2O3. The van der Waals surface area contributed by atoms with Gasteiger partial charge in [0.15, 0.2) is 0 Å². The van der Waals surface area contributed by atoms with E-state index in [4.69, 9.17) is 9.26 Å². The maximum Gasteiger partial charge on any atom is 0.258 e. The van der Waals surface area contributed by atoms with Gasteiger partial charge in [0.05, 0.1) is 0 Å². The largest absolute Gasteiger partial charge is 0.508 e. The van der Waals surface area contributed by atoms with E-state index in [2.05, 4.69) is 10.1 Å². The van der Waals surface area contributed by atoms with Crippen molar-refractivity contribution in [2.24, 2.45) is 5.92 Å². The van der Waals surface area contributed by atoms with Gasteiger partial charge in [-0.1, -0.05) is 24.4 Å². The van der Waals surface area contributed by atoms with E-state index in [0.717, 1.165) is 18.4 Å². The highest BCUT2D eigenvalue weighted by atomic mass is 16.5. The zero-order valence-electron chi connectivity index (χ0n) is 12.2. The van der Waals surface area contributed by atoms with Crippen LogP contribution in [0, 0.1) is 5.92 Å². The van der Waals surface area contributed by atoms with E-state index >= 15 is 0 Å². The van der Waals surface area contributed by atoms with Gasteiger partial charge in [-0.2, -0.15) is 4.98 Å². The van der Waals surface area contributed by atoms with Crippen molar-refractivity contribution in [3.63, 3.8) is 0 Å². The fraction of sp³-hybridized carbons (Fsp3) is 0.500. The summed E-state index contributed by atoms with van der Waals surface area (Å²) < 4.78 is 11.0. The van der Waals surface area contributed by atoms with Gasteiger partial charge in [-0.05, 0) is 43.0 Å². The van der Waals surface area contributed by atoms with Gasteiger partial charge in [0, 0.05) is 12.7 Å². The lowest BCUT2D eigenvalue weighted by Crippen LogP contribution is -2.19. The maximum atomic E-state index is 9.32. The molecule has 2 aromatic rings. The Kier molecular flexibility index (Phi) is 4.20. The number of rotatable bonds is 4. The summed E-state index contributed by atoms with van der Waals surface area (Å²) in [5.41, 5.74) is 0.796. The van der Waals surface area contributed by atoms with Crippen LogP contribution >= 0.6 is 0 Å². The van der Waals surface area contributed by atoms with Crippen LogP contribution in [0.15, 0.2) is 28.8 Å². The topological polar surface area (TPSA) is 68.4 Å². The summed E-state index contributed by atoms with van der Waals surface area (Å²) in [4.78, 5) is 4.47. The van der Waals surface area contributed by atoms with E-state index in [9.17, 15) is 5.11 Å². The zero-order chi connectivity index (χ0) is 14.7. The van der Waals surface area contributed by atoms with E-state index in [0.29, 0.717) is 17.6 Å². The van der Waals surface area contributed by atoms with Crippen LogP contribution in [-0.2, 0) is 4.74 Å². The van der Waals surface area contributed by atoms with Crippen LogP contribution < -0.4 is 0 Å². The van der Waals surface area contributed by atoms with E-state index < -0.39 is 0 Å². The number of hydrogen-bond donors (Lipinski definition) is 1. The van der Waals surface area contributed by atoms with Crippen molar-refractivity contribution in [2.45, 2.75) is 38.2 Å². The van der Waals surface area contributed by atoms with Crippen molar-refractivity contribution < 1.29 is 14.4 Å². The molecule has 0 bridgehead atoms. The van der Waals surface area contributed by atoms with Crippen LogP contribution in [0.3, 0.4) is 0 Å². The molecule has 1 aromatic heterocycles. The highest BCUT2D eigenvalue weighted by Crippen LogP contribution is 2.36. The lowest BCUT2D eigenvalue weighted by molar-refractivity contribution is 0.0274. The van der Waals surface area contributed by atoms with E-state index in [1.54, 1.807) is 31.4 Å².